The number of benzene rings is 2. The van der Waals surface area contributed by atoms with Gasteiger partial charge in [-0.15, -0.1) is 0 Å². The fourth-order valence-electron chi connectivity index (χ4n) is 2.59. The van der Waals surface area contributed by atoms with Crippen LogP contribution in [0, 0.1) is 0 Å². The van der Waals surface area contributed by atoms with Gasteiger partial charge in [-0.2, -0.15) is 0 Å². The van der Waals surface area contributed by atoms with E-state index in [1.54, 1.807) is 0 Å². The van der Waals surface area contributed by atoms with E-state index in [0.717, 1.165) is 24.8 Å². The maximum Gasteiger partial charge on any atom is 0.0513 e. The lowest BCUT2D eigenvalue weighted by molar-refractivity contribution is 0.730. The molecule has 2 aromatic carbocycles. The van der Waals surface area contributed by atoms with E-state index in [9.17, 15) is 0 Å². The minimum atomic E-state index is 0.898. The molecule has 0 spiro atoms. The summed E-state index contributed by atoms with van der Waals surface area (Å²) in [4.78, 5) is 2.45. The topological polar surface area (TPSA) is 3.24 Å². The number of fused-ring (bicyclic) bond motifs is 1. The predicted molar refractivity (Wildman–Crippen MR) is 88.0 cm³/mol. The highest BCUT2D eigenvalue weighted by atomic mass is 79.9. The third-order valence-electron chi connectivity index (χ3n) is 3.64. The van der Waals surface area contributed by atoms with Crippen molar-refractivity contribution in [2.24, 2.45) is 0 Å². The number of hydrogen-bond acceptors (Lipinski definition) is 1. The number of halogens is 2. The van der Waals surface area contributed by atoms with Gasteiger partial charge in [0.2, 0.25) is 0 Å². The molecule has 98 valence electrons. The Kier molecular flexibility index (Phi) is 3.94. The van der Waals surface area contributed by atoms with Gasteiger partial charge in [-0.05, 0) is 51.2 Å². The number of rotatable bonds is 2. The zero-order chi connectivity index (χ0) is 13.2. The molecule has 0 amide bonds. The molecule has 0 atom stereocenters. The van der Waals surface area contributed by atoms with Gasteiger partial charge in [0.25, 0.3) is 0 Å². The van der Waals surface area contributed by atoms with E-state index in [2.05, 4.69) is 79.2 Å². The van der Waals surface area contributed by atoms with Gasteiger partial charge >= 0.3 is 0 Å². The highest BCUT2D eigenvalue weighted by Gasteiger charge is 2.17. The van der Waals surface area contributed by atoms with E-state index in [4.69, 9.17) is 0 Å². The molecule has 0 N–H and O–H groups in total. The fraction of sp³-hybridized carbons (Fsp3) is 0.250. The number of alkyl halides is 1. The van der Waals surface area contributed by atoms with Gasteiger partial charge in [0.15, 0.2) is 0 Å². The summed E-state index contributed by atoms with van der Waals surface area (Å²) in [5.41, 5.74) is 5.53. The summed E-state index contributed by atoms with van der Waals surface area (Å²) in [6, 6.07) is 15.4. The average molecular weight is 381 g/mol. The molecule has 1 aliphatic heterocycles. The van der Waals surface area contributed by atoms with E-state index in [1.807, 2.05) is 0 Å². The average Bonchev–Trinajstić information content (AvgIpc) is 2.46. The Morgan fingerprint density at radius 2 is 1.84 bits per heavy atom. The molecule has 19 heavy (non-hydrogen) atoms. The first-order valence-electron chi connectivity index (χ1n) is 6.44. The quantitative estimate of drug-likeness (QED) is 0.669. The summed E-state index contributed by atoms with van der Waals surface area (Å²) >= 11 is 7.20. The lowest BCUT2D eigenvalue weighted by atomic mass is 9.99. The van der Waals surface area contributed by atoms with E-state index in [0.29, 0.717) is 0 Å². The largest absolute Gasteiger partial charge is 0.366 e. The first-order valence-corrected chi connectivity index (χ1v) is 8.35. The van der Waals surface area contributed by atoms with Gasteiger partial charge in [0.1, 0.15) is 0 Å². The summed E-state index contributed by atoms with van der Waals surface area (Å²) in [7, 11) is 0. The molecule has 0 saturated heterocycles. The van der Waals surface area contributed by atoms with Crippen LogP contribution in [0.15, 0.2) is 46.9 Å². The lowest BCUT2D eigenvalue weighted by Gasteiger charge is -2.31. The van der Waals surface area contributed by atoms with Crippen LogP contribution in [0.4, 0.5) is 5.69 Å². The van der Waals surface area contributed by atoms with Gasteiger partial charge in [-0.25, -0.2) is 0 Å². The molecule has 1 aliphatic rings. The molecule has 0 saturated carbocycles. The predicted octanol–water partition coefficient (Wildman–Crippen LogP) is 4.91. The molecule has 1 nitrogen and oxygen atoms in total. The third kappa shape index (κ3) is 2.72. The lowest BCUT2D eigenvalue weighted by Crippen LogP contribution is -2.30. The second kappa shape index (κ2) is 5.68. The number of hydrogen-bond donors (Lipinski definition) is 0. The van der Waals surface area contributed by atoms with Crippen LogP contribution in [0.3, 0.4) is 0 Å². The Labute approximate surface area is 130 Å². The van der Waals surface area contributed by atoms with E-state index in [1.165, 1.54) is 26.9 Å². The summed E-state index contributed by atoms with van der Waals surface area (Å²) < 4.78 is 1.18. The molecule has 0 unspecified atom stereocenters. The normalized spacial score (nSPS) is 14.3. The molecule has 0 bridgehead atoms. The summed E-state index contributed by atoms with van der Waals surface area (Å²) in [5.74, 6) is 0. The van der Waals surface area contributed by atoms with Crippen LogP contribution in [0.2, 0.25) is 0 Å². The first kappa shape index (κ1) is 13.2. The molecular weight excluding hydrogens is 366 g/mol. The zero-order valence-electron chi connectivity index (χ0n) is 10.6. The van der Waals surface area contributed by atoms with Crippen molar-refractivity contribution >= 4 is 37.5 Å². The van der Waals surface area contributed by atoms with Crippen molar-refractivity contribution in [1.29, 1.82) is 0 Å². The van der Waals surface area contributed by atoms with Crippen molar-refractivity contribution in [3.63, 3.8) is 0 Å². The van der Waals surface area contributed by atoms with Crippen molar-refractivity contribution in [3.8, 4) is 0 Å². The summed E-state index contributed by atoms with van der Waals surface area (Å²) in [6.07, 6.45) is 1.13. The van der Waals surface area contributed by atoms with Crippen molar-refractivity contribution in [3.05, 3.63) is 63.6 Å². The van der Waals surface area contributed by atoms with Crippen LogP contribution >= 0.6 is 31.9 Å². The third-order valence-corrected chi connectivity index (χ3v) is 4.92. The van der Waals surface area contributed by atoms with Crippen molar-refractivity contribution in [2.75, 3.05) is 11.4 Å². The van der Waals surface area contributed by atoms with Gasteiger partial charge in [0.05, 0.1) is 5.69 Å². The van der Waals surface area contributed by atoms with Gasteiger partial charge in [0, 0.05) is 22.9 Å². The molecular formula is C16H15Br2N. The molecule has 3 heteroatoms. The van der Waals surface area contributed by atoms with Crippen LogP contribution < -0.4 is 4.90 Å². The monoisotopic (exact) mass is 379 g/mol. The fourth-order valence-corrected chi connectivity index (χ4v) is 3.62. The van der Waals surface area contributed by atoms with E-state index >= 15 is 0 Å². The maximum atomic E-state index is 3.70. The highest BCUT2D eigenvalue weighted by Crippen LogP contribution is 2.31. The van der Waals surface area contributed by atoms with E-state index < -0.39 is 0 Å². The van der Waals surface area contributed by atoms with Crippen molar-refractivity contribution in [2.45, 2.75) is 18.3 Å². The Balaban J connectivity index is 1.89. The Morgan fingerprint density at radius 3 is 2.58 bits per heavy atom. The SMILES string of the molecule is BrCc1ccc(N2CCc3ccccc3C2)c(Br)c1. The van der Waals surface area contributed by atoms with Crippen molar-refractivity contribution < 1.29 is 0 Å². The maximum absolute atomic E-state index is 3.70. The van der Waals surface area contributed by atoms with Crippen molar-refractivity contribution in [1.82, 2.24) is 0 Å². The molecule has 0 fully saturated rings. The van der Waals surface area contributed by atoms with Crippen LogP contribution in [-0.4, -0.2) is 6.54 Å². The van der Waals surface area contributed by atoms with Gasteiger partial charge < -0.3 is 4.90 Å². The Morgan fingerprint density at radius 1 is 1.05 bits per heavy atom. The number of nitrogens with zero attached hydrogens (tertiary/aromatic N) is 1. The first-order chi connectivity index (χ1) is 9.28. The molecule has 0 aromatic heterocycles. The summed E-state index contributed by atoms with van der Waals surface area (Å²) in [5, 5.41) is 0.898. The Hall–Kier alpha value is -0.800. The smallest absolute Gasteiger partial charge is 0.0513 e. The van der Waals surface area contributed by atoms with Crippen LogP contribution in [0.5, 0.6) is 0 Å². The second-order valence-corrected chi connectivity index (χ2v) is 6.27. The summed E-state index contributed by atoms with van der Waals surface area (Å²) in [6.45, 7) is 2.09. The van der Waals surface area contributed by atoms with Crippen LogP contribution in [-0.2, 0) is 18.3 Å². The van der Waals surface area contributed by atoms with Gasteiger partial charge in [-0.3, -0.25) is 0 Å². The molecule has 0 aliphatic carbocycles. The molecule has 0 radical (unpaired) electrons. The molecule has 2 aromatic rings. The van der Waals surface area contributed by atoms with Crippen LogP contribution in [0.25, 0.3) is 0 Å². The standard InChI is InChI=1S/C16H15Br2N/c17-10-12-5-6-16(15(18)9-12)19-8-7-13-3-1-2-4-14(13)11-19/h1-6,9H,7-8,10-11H2. The number of anilines is 1. The van der Waals surface area contributed by atoms with E-state index in [-0.39, 0.29) is 0 Å². The Bertz CT molecular complexity index is 595. The van der Waals surface area contributed by atoms with Gasteiger partial charge in [-0.1, -0.05) is 46.3 Å². The molecule has 3 rings (SSSR count). The van der Waals surface area contributed by atoms with Crippen LogP contribution in [0.1, 0.15) is 16.7 Å². The minimum Gasteiger partial charge on any atom is -0.366 e. The second-order valence-electron chi connectivity index (χ2n) is 4.86. The minimum absolute atomic E-state index is 0.898. The molecule has 1 heterocycles. The zero-order valence-corrected chi connectivity index (χ0v) is 13.7. The highest BCUT2D eigenvalue weighted by molar-refractivity contribution is 9.10.